The van der Waals surface area contributed by atoms with Crippen molar-refractivity contribution in [1.29, 1.82) is 5.26 Å². The van der Waals surface area contributed by atoms with Crippen molar-refractivity contribution in [3.05, 3.63) is 59.4 Å². The molecular weight excluding hydrogens is 245 g/mol. The number of nitriles is 1. The molecular formula is C14H10FN3O. The average molecular weight is 255 g/mol. The molecule has 5 heteroatoms. The fourth-order valence-corrected chi connectivity index (χ4v) is 1.54. The minimum atomic E-state index is -0.408. The van der Waals surface area contributed by atoms with Gasteiger partial charge in [-0.3, -0.25) is 4.79 Å². The number of anilines is 2. The number of carbonyl (C=O) groups is 1. The van der Waals surface area contributed by atoms with Crippen molar-refractivity contribution in [2.45, 2.75) is 0 Å². The number of nitrogens with two attached hydrogens (primary N) is 1. The van der Waals surface area contributed by atoms with E-state index in [-0.39, 0.29) is 0 Å². The number of rotatable bonds is 2. The standard InChI is InChI=1S/C14H10FN3O/c15-11-4-2-10(3-5-11)14(19)18-13-6-1-9(8-16)7-12(13)17/h1-7H,17H2,(H,18,19). The molecule has 1 amide bonds. The summed E-state index contributed by atoms with van der Waals surface area (Å²) in [7, 11) is 0. The second-order valence-corrected chi connectivity index (χ2v) is 3.87. The molecule has 0 spiro atoms. The highest BCUT2D eigenvalue weighted by molar-refractivity contribution is 6.05. The van der Waals surface area contributed by atoms with E-state index in [9.17, 15) is 9.18 Å². The summed E-state index contributed by atoms with van der Waals surface area (Å²) < 4.78 is 12.7. The first-order valence-corrected chi connectivity index (χ1v) is 5.46. The number of amides is 1. The highest BCUT2D eigenvalue weighted by Crippen LogP contribution is 2.20. The molecule has 0 atom stereocenters. The zero-order valence-corrected chi connectivity index (χ0v) is 9.85. The van der Waals surface area contributed by atoms with E-state index in [2.05, 4.69) is 5.32 Å². The minimum absolute atomic E-state index is 0.300. The van der Waals surface area contributed by atoms with Gasteiger partial charge in [-0.2, -0.15) is 5.26 Å². The van der Waals surface area contributed by atoms with Gasteiger partial charge in [0.2, 0.25) is 0 Å². The van der Waals surface area contributed by atoms with E-state index in [0.717, 1.165) is 0 Å². The molecule has 0 aliphatic rings. The Morgan fingerprint density at radius 3 is 2.47 bits per heavy atom. The van der Waals surface area contributed by atoms with Gasteiger partial charge < -0.3 is 11.1 Å². The first-order valence-electron chi connectivity index (χ1n) is 5.46. The van der Waals surface area contributed by atoms with Crippen LogP contribution in [0.3, 0.4) is 0 Å². The summed E-state index contributed by atoms with van der Waals surface area (Å²) >= 11 is 0. The smallest absolute Gasteiger partial charge is 0.255 e. The van der Waals surface area contributed by atoms with Crippen LogP contribution in [0.4, 0.5) is 15.8 Å². The molecule has 2 aromatic carbocycles. The number of nitrogens with zero attached hydrogens (tertiary/aromatic N) is 1. The van der Waals surface area contributed by atoms with Gasteiger partial charge in [-0.25, -0.2) is 4.39 Å². The third-order valence-electron chi connectivity index (χ3n) is 2.54. The number of benzene rings is 2. The second-order valence-electron chi connectivity index (χ2n) is 3.87. The third-order valence-corrected chi connectivity index (χ3v) is 2.54. The molecule has 0 aromatic heterocycles. The number of hydrogen-bond donors (Lipinski definition) is 2. The Bertz CT molecular complexity index is 659. The van der Waals surface area contributed by atoms with Crippen molar-refractivity contribution in [2.75, 3.05) is 11.1 Å². The van der Waals surface area contributed by atoms with Gasteiger partial charge in [-0.15, -0.1) is 0 Å². The summed E-state index contributed by atoms with van der Waals surface area (Å²) in [5.74, 6) is -0.800. The number of halogens is 1. The normalized spacial score (nSPS) is 9.68. The fourth-order valence-electron chi connectivity index (χ4n) is 1.54. The highest BCUT2D eigenvalue weighted by atomic mass is 19.1. The monoisotopic (exact) mass is 255 g/mol. The predicted molar refractivity (Wildman–Crippen MR) is 69.9 cm³/mol. The summed E-state index contributed by atoms with van der Waals surface area (Å²) in [6, 6.07) is 11.7. The summed E-state index contributed by atoms with van der Waals surface area (Å²) in [6.07, 6.45) is 0. The summed E-state index contributed by atoms with van der Waals surface area (Å²) in [4.78, 5) is 11.9. The summed E-state index contributed by atoms with van der Waals surface area (Å²) in [6.45, 7) is 0. The lowest BCUT2D eigenvalue weighted by molar-refractivity contribution is 0.102. The predicted octanol–water partition coefficient (Wildman–Crippen LogP) is 2.53. The van der Waals surface area contributed by atoms with E-state index >= 15 is 0 Å². The van der Waals surface area contributed by atoms with Gasteiger partial charge in [-0.1, -0.05) is 0 Å². The van der Waals surface area contributed by atoms with Gasteiger partial charge in [0.05, 0.1) is 23.0 Å². The quantitative estimate of drug-likeness (QED) is 0.809. The van der Waals surface area contributed by atoms with Crippen LogP contribution >= 0.6 is 0 Å². The number of carbonyl (C=O) groups excluding carboxylic acids is 1. The van der Waals surface area contributed by atoms with Gasteiger partial charge in [0.25, 0.3) is 5.91 Å². The van der Waals surface area contributed by atoms with Crippen molar-refractivity contribution in [2.24, 2.45) is 0 Å². The Labute approximate surface area is 109 Å². The van der Waals surface area contributed by atoms with E-state index in [1.165, 1.54) is 30.3 Å². The maximum absolute atomic E-state index is 12.7. The number of hydrogen-bond acceptors (Lipinski definition) is 3. The van der Waals surface area contributed by atoms with Crippen LogP contribution in [-0.2, 0) is 0 Å². The zero-order chi connectivity index (χ0) is 13.8. The van der Waals surface area contributed by atoms with Crippen LogP contribution in [0, 0.1) is 17.1 Å². The molecule has 0 radical (unpaired) electrons. The van der Waals surface area contributed by atoms with Crippen LogP contribution in [0.15, 0.2) is 42.5 Å². The van der Waals surface area contributed by atoms with Crippen LogP contribution in [-0.4, -0.2) is 5.91 Å². The lowest BCUT2D eigenvalue weighted by Crippen LogP contribution is -2.13. The largest absolute Gasteiger partial charge is 0.397 e. The Kier molecular flexibility index (Phi) is 3.44. The van der Waals surface area contributed by atoms with E-state index < -0.39 is 11.7 Å². The Hall–Kier alpha value is -2.87. The van der Waals surface area contributed by atoms with E-state index in [1.807, 2.05) is 6.07 Å². The molecule has 4 nitrogen and oxygen atoms in total. The van der Waals surface area contributed by atoms with Crippen molar-refractivity contribution in [3.63, 3.8) is 0 Å². The molecule has 94 valence electrons. The molecule has 3 N–H and O–H groups in total. The lowest BCUT2D eigenvalue weighted by atomic mass is 10.1. The van der Waals surface area contributed by atoms with Crippen LogP contribution < -0.4 is 11.1 Å². The molecule has 0 fully saturated rings. The molecule has 0 saturated carbocycles. The number of nitrogen functional groups attached to an aromatic ring is 1. The van der Waals surface area contributed by atoms with Gasteiger partial charge in [0.1, 0.15) is 5.82 Å². The first-order chi connectivity index (χ1) is 9.10. The third kappa shape index (κ3) is 2.87. The van der Waals surface area contributed by atoms with E-state index in [1.54, 1.807) is 12.1 Å². The van der Waals surface area contributed by atoms with Crippen LogP contribution in [0.2, 0.25) is 0 Å². The van der Waals surface area contributed by atoms with Gasteiger partial charge in [0.15, 0.2) is 0 Å². The second kappa shape index (κ2) is 5.19. The van der Waals surface area contributed by atoms with Crippen molar-refractivity contribution in [1.82, 2.24) is 0 Å². The minimum Gasteiger partial charge on any atom is -0.397 e. The Balaban J connectivity index is 2.20. The maximum atomic E-state index is 12.7. The summed E-state index contributed by atoms with van der Waals surface area (Å²) in [5, 5.41) is 11.3. The SMILES string of the molecule is N#Cc1ccc(NC(=O)c2ccc(F)cc2)c(N)c1. The van der Waals surface area contributed by atoms with Crippen LogP contribution in [0.25, 0.3) is 0 Å². The van der Waals surface area contributed by atoms with Crippen molar-refractivity contribution < 1.29 is 9.18 Å². The topological polar surface area (TPSA) is 78.9 Å². The molecule has 0 heterocycles. The zero-order valence-electron chi connectivity index (χ0n) is 9.85. The van der Waals surface area contributed by atoms with Gasteiger partial charge in [0, 0.05) is 5.56 Å². The van der Waals surface area contributed by atoms with Crippen molar-refractivity contribution >= 4 is 17.3 Å². The van der Waals surface area contributed by atoms with Crippen LogP contribution in [0.1, 0.15) is 15.9 Å². The lowest BCUT2D eigenvalue weighted by Gasteiger charge is -2.08. The Morgan fingerprint density at radius 1 is 1.21 bits per heavy atom. The molecule has 0 saturated heterocycles. The molecule has 0 aliphatic carbocycles. The van der Waals surface area contributed by atoms with E-state index in [0.29, 0.717) is 22.5 Å². The molecule has 0 unspecified atom stereocenters. The van der Waals surface area contributed by atoms with Gasteiger partial charge in [-0.05, 0) is 42.5 Å². The molecule has 2 rings (SSSR count). The van der Waals surface area contributed by atoms with Gasteiger partial charge >= 0.3 is 0 Å². The fraction of sp³-hybridized carbons (Fsp3) is 0. The van der Waals surface area contributed by atoms with Crippen LogP contribution in [0.5, 0.6) is 0 Å². The number of nitrogens with one attached hydrogen (secondary N) is 1. The molecule has 2 aromatic rings. The maximum Gasteiger partial charge on any atom is 0.255 e. The molecule has 0 bridgehead atoms. The molecule has 19 heavy (non-hydrogen) atoms. The highest BCUT2D eigenvalue weighted by Gasteiger charge is 2.08. The van der Waals surface area contributed by atoms with Crippen molar-refractivity contribution in [3.8, 4) is 6.07 Å². The van der Waals surface area contributed by atoms with E-state index in [4.69, 9.17) is 11.0 Å². The molecule has 0 aliphatic heterocycles. The summed E-state index contributed by atoms with van der Waals surface area (Å²) in [5.41, 5.74) is 7.17. The first kappa shape index (κ1) is 12.6. The average Bonchev–Trinajstić information content (AvgIpc) is 2.41. The Morgan fingerprint density at radius 2 is 1.89 bits per heavy atom.